The third-order valence-corrected chi connectivity index (χ3v) is 1.99. The Balaban J connectivity index is 2.59. The topological polar surface area (TPSA) is 78.6 Å². The largest absolute Gasteiger partial charge is 0.351 e. The maximum absolute atomic E-state index is 11.0. The Kier molecular flexibility index (Phi) is 2.21. The fourth-order valence-corrected chi connectivity index (χ4v) is 1.24. The van der Waals surface area contributed by atoms with Crippen LogP contribution < -0.4 is 11.4 Å². The third kappa shape index (κ3) is 2.01. The van der Waals surface area contributed by atoms with Gasteiger partial charge < -0.3 is 0 Å². The van der Waals surface area contributed by atoms with Crippen LogP contribution in [0.1, 0.15) is 5.56 Å². The Morgan fingerprint density at radius 1 is 1.07 bits per heavy atom. The van der Waals surface area contributed by atoms with Crippen molar-refractivity contribution in [3.63, 3.8) is 0 Å². The van der Waals surface area contributed by atoms with E-state index < -0.39 is 11.4 Å². The fourth-order valence-electron chi connectivity index (χ4n) is 1.24. The van der Waals surface area contributed by atoms with Crippen molar-refractivity contribution in [2.75, 3.05) is 0 Å². The highest BCUT2D eigenvalue weighted by Gasteiger charge is 2.01. The molecule has 2 rings (SSSR count). The van der Waals surface area contributed by atoms with Crippen molar-refractivity contribution in [2.24, 2.45) is 0 Å². The first-order chi connectivity index (χ1) is 7.15. The normalized spacial score (nSPS) is 10.2. The van der Waals surface area contributed by atoms with Gasteiger partial charge in [-0.25, -0.2) is 9.59 Å². The van der Waals surface area contributed by atoms with Gasteiger partial charge in [-0.1, -0.05) is 29.8 Å². The lowest BCUT2D eigenvalue weighted by atomic mass is 10.1. The molecule has 0 spiro atoms. The van der Waals surface area contributed by atoms with Gasteiger partial charge in [-0.2, -0.15) is 4.98 Å². The van der Waals surface area contributed by atoms with Gasteiger partial charge in [0.05, 0.1) is 0 Å². The van der Waals surface area contributed by atoms with E-state index in [9.17, 15) is 9.59 Å². The molecule has 0 saturated carbocycles. The third-order valence-electron chi connectivity index (χ3n) is 1.99. The van der Waals surface area contributed by atoms with Crippen LogP contribution >= 0.6 is 0 Å². The zero-order valence-electron chi connectivity index (χ0n) is 8.07. The van der Waals surface area contributed by atoms with E-state index in [-0.39, 0.29) is 5.82 Å². The average Bonchev–Trinajstić information content (AvgIpc) is 2.17. The van der Waals surface area contributed by atoms with Crippen molar-refractivity contribution in [1.29, 1.82) is 0 Å². The zero-order chi connectivity index (χ0) is 10.8. The predicted octanol–water partition coefficient (Wildman–Crippen LogP) is 0.434. The first kappa shape index (κ1) is 9.39. The van der Waals surface area contributed by atoms with Gasteiger partial charge in [0.2, 0.25) is 0 Å². The van der Waals surface area contributed by atoms with Crippen LogP contribution in [0.15, 0.2) is 33.9 Å². The van der Waals surface area contributed by atoms with Gasteiger partial charge in [0.25, 0.3) is 0 Å². The summed E-state index contributed by atoms with van der Waals surface area (Å²) in [5.41, 5.74) is 0.620. The average molecular weight is 203 g/mol. The quantitative estimate of drug-likeness (QED) is 0.705. The maximum atomic E-state index is 11.0. The number of nitrogens with one attached hydrogen (secondary N) is 2. The van der Waals surface area contributed by atoms with Crippen molar-refractivity contribution < 1.29 is 0 Å². The second-order valence-corrected chi connectivity index (χ2v) is 3.21. The van der Waals surface area contributed by atoms with Crippen LogP contribution in [-0.4, -0.2) is 15.0 Å². The summed E-state index contributed by atoms with van der Waals surface area (Å²) in [6.07, 6.45) is 0. The summed E-state index contributed by atoms with van der Waals surface area (Å²) in [5.74, 6) is 0.281. The van der Waals surface area contributed by atoms with E-state index in [4.69, 9.17) is 0 Å². The van der Waals surface area contributed by atoms with Crippen LogP contribution in [0.4, 0.5) is 0 Å². The number of hydrogen-bond donors (Lipinski definition) is 2. The Morgan fingerprint density at radius 2 is 1.73 bits per heavy atom. The molecule has 0 bridgehead atoms. The highest BCUT2D eigenvalue weighted by molar-refractivity contribution is 5.54. The number of benzene rings is 1. The van der Waals surface area contributed by atoms with Gasteiger partial charge in [-0.15, -0.1) is 0 Å². The van der Waals surface area contributed by atoms with E-state index >= 15 is 0 Å². The molecule has 1 aromatic carbocycles. The van der Waals surface area contributed by atoms with E-state index in [1.165, 1.54) is 0 Å². The summed E-state index contributed by atoms with van der Waals surface area (Å²) >= 11 is 0. The molecule has 0 fully saturated rings. The lowest BCUT2D eigenvalue weighted by Gasteiger charge is -1.99. The second kappa shape index (κ2) is 3.53. The van der Waals surface area contributed by atoms with Crippen molar-refractivity contribution in [3.05, 3.63) is 50.8 Å². The van der Waals surface area contributed by atoms with Crippen LogP contribution in [0.5, 0.6) is 0 Å². The lowest BCUT2D eigenvalue weighted by molar-refractivity contribution is 0.943. The number of rotatable bonds is 1. The minimum atomic E-state index is -0.644. The van der Waals surface area contributed by atoms with Gasteiger partial charge in [0.1, 0.15) is 5.82 Å². The summed E-state index contributed by atoms with van der Waals surface area (Å²) in [5, 5.41) is 0. The van der Waals surface area contributed by atoms with Crippen LogP contribution in [0.2, 0.25) is 0 Å². The molecule has 0 aliphatic rings. The zero-order valence-corrected chi connectivity index (χ0v) is 8.07. The molecule has 76 valence electrons. The Morgan fingerprint density at radius 3 is 2.33 bits per heavy atom. The highest BCUT2D eigenvalue weighted by Crippen LogP contribution is 2.12. The Bertz CT molecular complexity index is 552. The summed E-state index contributed by atoms with van der Waals surface area (Å²) in [6.45, 7) is 1.96. The maximum Gasteiger partial charge on any atom is 0.351 e. The van der Waals surface area contributed by atoms with Crippen molar-refractivity contribution in [2.45, 2.75) is 6.92 Å². The van der Waals surface area contributed by atoms with Crippen molar-refractivity contribution >= 4 is 0 Å². The summed E-state index contributed by atoms with van der Waals surface area (Å²) in [4.78, 5) is 30.1. The SMILES string of the molecule is Cc1ccc(-c2nc(=O)[nH]c(=O)[nH]2)cc1. The van der Waals surface area contributed by atoms with Crippen molar-refractivity contribution in [3.8, 4) is 11.4 Å². The van der Waals surface area contributed by atoms with Gasteiger partial charge in [0.15, 0.2) is 0 Å². The number of aromatic nitrogens is 3. The number of H-pyrrole nitrogens is 2. The van der Waals surface area contributed by atoms with Crippen LogP contribution in [0.25, 0.3) is 11.4 Å². The van der Waals surface area contributed by atoms with Gasteiger partial charge in [-0.05, 0) is 6.92 Å². The van der Waals surface area contributed by atoms with Crippen molar-refractivity contribution in [1.82, 2.24) is 15.0 Å². The smallest absolute Gasteiger partial charge is 0.291 e. The molecule has 0 radical (unpaired) electrons. The first-order valence-electron chi connectivity index (χ1n) is 4.43. The van der Waals surface area contributed by atoms with E-state index in [1.54, 1.807) is 12.1 Å². The van der Waals surface area contributed by atoms with Crippen LogP contribution in [-0.2, 0) is 0 Å². The molecule has 1 heterocycles. The summed E-state index contributed by atoms with van der Waals surface area (Å²) in [7, 11) is 0. The van der Waals surface area contributed by atoms with E-state index in [0.717, 1.165) is 5.56 Å². The standard InChI is InChI=1S/C10H9N3O2/c1-6-2-4-7(5-3-6)8-11-9(14)13-10(15)12-8/h2-5H,1H3,(H2,11,12,13,14,15). The predicted molar refractivity (Wildman–Crippen MR) is 55.7 cm³/mol. The molecular formula is C10H9N3O2. The molecule has 2 aromatic rings. The Hall–Kier alpha value is -2.17. The second-order valence-electron chi connectivity index (χ2n) is 3.21. The number of aryl methyl sites for hydroxylation is 1. The van der Waals surface area contributed by atoms with Crippen LogP contribution in [0, 0.1) is 6.92 Å². The summed E-state index contributed by atoms with van der Waals surface area (Å²) in [6, 6.07) is 7.37. The Labute approximate surface area is 84.8 Å². The molecule has 15 heavy (non-hydrogen) atoms. The molecule has 0 aliphatic carbocycles. The molecule has 0 aliphatic heterocycles. The first-order valence-corrected chi connectivity index (χ1v) is 4.43. The minimum absolute atomic E-state index is 0.281. The van der Waals surface area contributed by atoms with Gasteiger partial charge in [-0.3, -0.25) is 9.97 Å². The monoisotopic (exact) mass is 203 g/mol. The van der Waals surface area contributed by atoms with E-state index in [1.807, 2.05) is 24.0 Å². The number of nitrogens with zero attached hydrogens (tertiary/aromatic N) is 1. The molecule has 1 aromatic heterocycles. The lowest BCUT2D eigenvalue weighted by Crippen LogP contribution is -2.25. The molecule has 2 N–H and O–H groups in total. The fraction of sp³-hybridized carbons (Fsp3) is 0.100. The molecular weight excluding hydrogens is 194 g/mol. The summed E-state index contributed by atoms with van der Waals surface area (Å²) < 4.78 is 0. The molecule has 0 saturated heterocycles. The number of aromatic amines is 2. The van der Waals surface area contributed by atoms with E-state index in [2.05, 4.69) is 9.97 Å². The molecule has 0 atom stereocenters. The molecule has 5 heteroatoms. The molecule has 0 amide bonds. The van der Waals surface area contributed by atoms with Crippen LogP contribution in [0.3, 0.4) is 0 Å². The molecule has 5 nitrogen and oxygen atoms in total. The number of hydrogen-bond acceptors (Lipinski definition) is 3. The molecule has 0 unspecified atom stereocenters. The minimum Gasteiger partial charge on any atom is -0.291 e. The highest BCUT2D eigenvalue weighted by atomic mass is 16.2. The van der Waals surface area contributed by atoms with E-state index in [0.29, 0.717) is 5.56 Å². The van der Waals surface area contributed by atoms with Gasteiger partial charge in [0, 0.05) is 5.56 Å². The van der Waals surface area contributed by atoms with Gasteiger partial charge >= 0.3 is 11.4 Å².